The van der Waals surface area contributed by atoms with Crippen molar-refractivity contribution in [2.24, 2.45) is 0 Å². The molecule has 0 spiro atoms. The lowest BCUT2D eigenvalue weighted by molar-refractivity contribution is -0.136. The third kappa shape index (κ3) is 4.84. The van der Waals surface area contributed by atoms with Crippen molar-refractivity contribution in [2.45, 2.75) is 19.5 Å². The number of aryl methyl sites for hydroxylation is 1. The molecule has 8 heteroatoms. The summed E-state index contributed by atoms with van der Waals surface area (Å²) < 4.78 is 28.7. The molecule has 1 aliphatic rings. The van der Waals surface area contributed by atoms with E-state index in [-0.39, 0.29) is 12.3 Å². The van der Waals surface area contributed by atoms with Gasteiger partial charge in [0.15, 0.2) is 16.4 Å². The lowest BCUT2D eigenvalue weighted by Gasteiger charge is -2.27. The smallest absolute Gasteiger partial charge is 0.349 e. The van der Waals surface area contributed by atoms with Crippen molar-refractivity contribution in [1.29, 1.82) is 0 Å². The normalized spacial score (nSPS) is 17.6. The standard InChI is InChI=1S/C19H19NO5S2/c1-14-7-9-26-18(14)19(22)25-12-17(21)20(11-15-5-3-2-4-6-15)16-8-10-27(23,24)13-16/h2-10,16H,11-13H2,1H3/t16-/m1/s1. The second-order valence-electron chi connectivity index (χ2n) is 6.24. The first-order chi connectivity index (χ1) is 12.9. The number of sulfone groups is 1. The molecule has 1 amide bonds. The van der Waals surface area contributed by atoms with Gasteiger partial charge < -0.3 is 9.64 Å². The fraction of sp³-hybridized carbons (Fsp3) is 0.263. The molecule has 0 fully saturated rings. The fourth-order valence-electron chi connectivity index (χ4n) is 2.78. The first kappa shape index (κ1) is 19.3. The van der Waals surface area contributed by atoms with Gasteiger partial charge in [0, 0.05) is 12.0 Å². The van der Waals surface area contributed by atoms with Crippen LogP contribution in [0.15, 0.2) is 53.3 Å². The largest absolute Gasteiger partial charge is 0.451 e. The van der Waals surface area contributed by atoms with Crippen molar-refractivity contribution in [1.82, 2.24) is 4.90 Å². The third-order valence-electron chi connectivity index (χ3n) is 4.20. The number of carbonyl (C=O) groups excluding carboxylic acids is 2. The van der Waals surface area contributed by atoms with E-state index in [9.17, 15) is 18.0 Å². The lowest BCUT2D eigenvalue weighted by Crippen LogP contribution is -2.42. The van der Waals surface area contributed by atoms with E-state index in [1.165, 1.54) is 22.3 Å². The number of ether oxygens (including phenoxy) is 1. The van der Waals surface area contributed by atoms with Gasteiger partial charge >= 0.3 is 5.97 Å². The van der Waals surface area contributed by atoms with Crippen LogP contribution in [0.25, 0.3) is 0 Å². The van der Waals surface area contributed by atoms with E-state index < -0.39 is 34.4 Å². The van der Waals surface area contributed by atoms with Crippen LogP contribution in [-0.4, -0.2) is 43.6 Å². The molecule has 2 heterocycles. The summed E-state index contributed by atoms with van der Waals surface area (Å²) in [7, 11) is -3.32. The van der Waals surface area contributed by atoms with Crippen LogP contribution in [0, 0.1) is 6.92 Å². The number of thiophene rings is 1. The van der Waals surface area contributed by atoms with E-state index in [1.807, 2.05) is 30.3 Å². The van der Waals surface area contributed by atoms with E-state index in [4.69, 9.17) is 4.74 Å². The molecule has 1 atom stereocenters. The maximum atomic E-state index is 12.7. The van der Waals surface area contributed by atoms with Crippen molar-refractivity contribution in [3.8, 4) is 0 Å². The van der Waals surface area contributed by atoms with Crippen molar-refractivity contribution in [2.75, 3.05) is 12.4 Å². The zero-order valence-corrected chi connectivity index (χ0v) is 16.3. The Bertz CT molecular complexity index is 963. The average Bonchev–Trinajstić information content (AvgIpc) is 3.23. The Balaban J connectivity index is 1.71. The van der Waals surface area contributed by atoms with Crippen molar-refractivity contribution < 1.29 is 22.7 Å². The Morgan fingerprint density at radius 3 is 2.56 bits per heavy atom. The summed E-state index contributed by atoms with van der Waals surface area (Å²) in [5, 5.41) is 2.91. The highest BCUT2D eigenvalue weighted by atomic mass is 32.2. The molecule has 0 bridgehead atoms. The number of amides is 1. The van der Waals surface area contributed by atoms with E-state index in [2.05, 4.69) is 0 Å². The predicted molar refractivity (Wildman–Crippen MR) is 103 cm³/mol. The first-order valence-electron chi connectivity index (χ1n) is 8.31. The summed E-state index contributed by atoms with van der Waals surface area (Å²) in [6, 6.07) is 10.5. The Kier molecular flexibility index (Phi) is 5.76. The molecule has 6 nitrogen and oxygen atoms in total. The number of hydrogen-bond acceptors (Lipinski definition) is 6. The van der Waals surface area contributed by atoms with Crippen molar-refractivity contribution in [3.63, 3.8) is 0 Å². The monoisotopic (exact) mass is 405 g/mol. The van der Waals surface area contributed by atoms with Crippen LogP contribution in [0.5, 0.6) is 0 Å². The molecule has 0 radical (unpaired) electrons. The lowest BCUT2D eigenvalue weighted by atomic mass is 10.2. The highest BCUT2D eigenvalue weighted by Gasteiger charge is 2.31. The molecule has 142 valence electrons. The Morgan fingerprint density at radius 2 is 1.96 bits per heavy atom. The third-order valence-corrected chi connectivity index (χ3v) is 6.58. The van der Waals surface area contributed by atoms with Crippen LogP contribution in [0.4, 0.5) is 0 Å². The van der Waals surface area contributed by atoms with Gasteiger partial charge in [-0.2, -0.15) is 0 Å². The van der Waals surface area contributed by atoms with Gasteiger partial charge in [-0.25, -0.2) is 13.2 Å². The molecule has 0 aliphatic carbocycles. The molecule has 0 N–H and O–H groups in total. The van der Waals surface area contributed by atoms with Gasteiger partial charge in [-0.1, -0.05) is 30.3 Å². The molecular formula is C19H19NO5S2. The topological polar surface area (TPSA) is 80.8 Å². The molecule has 1 aliphatic heterocycles. The number of hydrogen-bond donors (Lipinski definition) is 0. The first-order valence-corrected chi connectivity index (χ1v) is 10.9. The maximum Gasteiger partial charge on any atom is 0.349 e. The Hall–Kier alpha value is -2.45. The SMILES string of the molecule is Cc1ccsc1C(=O)OCC(=O)N(Cc1ccccc1)[C@@H]1C=CS(=O)(=O)C1. The minimum absolute atomic E-state index is 0.163. The van der Waals surface area contributed by atoms with Crippen LogP contribution >= 0.6 is 11.3 Å². The minimum atomic E-state index is -3.32. The van der Waals surface area contributed by atoms with Gasteiger partial charge in [-0.05, 0) is 35.6 Å². The second kappa shape index (κ2) is 8.06. The van der Waals surface area contributed by atoms with Gasteiger partial charge in [0.05, 0.1) is 11.8 Å². The summed E-state index contributed by atoms with van der Waals surface area (Å²) in [5.74, 6) is -1.15. The van der Waals surface area contributed by atoms with E-state index in [1.54, 1.807) is 18.4 Å². The fourth-order valence-corrected chi connectivity index (χ4v) is 4.90. The molecule has 1 aromatic heterocycles. The van der Waals surface area contributed by atoms with Crippen molar-refractivity contribution >= 4 is 33.1 Å². The number of nitrogens with zero attached hydrogens (tertiary/aromatic N) is 1. The zero-order chi connectivity index (χ0) is 19.4. The molecule has 1 aromatic carbocycles. The summed E-state index contributed by atoms with van der Waals surface area (Å²) >= 11 is 1.26. The Morgan fingerprint density at radius 1 is 1.22 bits per heavy atom. The molecule has 3 rings (SSSR count). The quantitative estimate of drug-likeness (QED) is 0.690. The van der Waals surface area contributed by atoms with Crippen LogP contribution in [0.2, 0.25) is 0 Å². The van der Waals surface area contributed by atoms with E-state index in [0.717, 1.165) is 16.5 Å². The van der Waals surface area contributed by atoms with Crippen molar-refractivity contribution in [3.05, 3.63) is 69.3 Å². The molecule has 27 heavy (non-hydrogen) atoms. The molecule has 2 aromatic rings. The average molecular weight is 405 g/mol. The second-order valence-corrected chi connectivity index (χ2v) is 9.09. The molecule has 0 unspecified atom stereocenters. The minimum Gasteiger partial charge on any atom is -0.451 e. The zero-order valence-electron chi connectivity index (χ0n) is 14.7. The summed E-state index contributed by atoms with van der Waals surface area (Å²) in [6.45, 7) is 1.60. The molecule has 0 saturated carbocycles. The van der Waals surface area contributed by atoms with E-state index >= 15 is 0 Å². The number of carbonyl (C=O) groups is 2. The van der Waals surface area contributed by atoms with Gasteiger partial charge in [0.25, 0.3) is 5.91 Å². The predicted octanol–water partition coefficient (Wildman–Crippen LogP) is 2.55. The number of benzene rings is 1. The summed E-state index contributed by atoms with van der Waals surface area (Å²) in [5.41, 5.74) is 1.66. The summed E-state index contributed by atoms with van der Waals surface area (Å²) in [4.78, 5) is 26.8. The highest BCUT2D eigenvalue weighted by Crippen LogP contribution is 2.19. The highest BCUT2D eigenvalue weighted by molar-refractivity contribution is 7.94. The van der Waals surface area contributed by atoms with Gasteiger partial charge in [0.1, 0.15) is 4.88 Å². The van der Waals surface area contributed by atoms with Crippen LogP contribution in [-0.2, 0) is 25.9 Å². The van der Waals surface area contributed by atoms with Gasteiger partial charge in [-0.3, -0.25) is 4.79 Å². The van der Waals surface area contributed by atoms with Crippen LogP contribution in [0.1, 0.15) is 20.8 Å². The van der Waals surface area contributed by atoms with Gasteiger partial charge in [-0.15, -0.1) is 11.3 Å². The Labute approximate surface area is 162 Å². The maximum absolute atomic E-state index is 12.7. The number of esters is 1. The summed E-state index contributed by atoms with van der Waals surface area (Å²) in [6.07, 6.45) is 1.50. The molecular weight excluding hydrogens is 386 g/mol. The number of rotatable bonds is 6. The van der Waals surface area contributed by atoms with Crippen LogP contribution in [0.3, 0.4) is 0 Å². The van der Waals surface area contributed by atoms with Gasteiger partial charge in [0.2, 0.25) is 0 Å². The van der Waals surface area contributed by atoms with Crippen LogP contribution < -0.4 is 0 Å². The van der Waals surface area contributed by atoms with E-state index in [0.29, 0.717) is 4.88 Å². The molecule has 0 saturated heterocycles.